The molecule has 0 saturated carbocycles. The van der Waals surface area contributed by atoms with E-state index in [1.807, 2.05) is 0 Å². The van der Waals surface area contributed by atoms with E-state index in [1.54, 1.807) is 0 Å². The van der Waals surface area contributed by atoms with E-state index in [2.05, 4.69) is 35.9 Å². The van der Waals surface area contributed by atoms with Crippen LogP contribution < -0.4 is 5.32 Å². The van der Waals surface area contributed by atoms with Gasteiger partial charge in [-0.3, -0.25) is 4.68 Å². The van der Waals surface area contributed by atoms with Crippen LogP contribution in [-0.2, 0) is 17.7 Å². The molecular weight excluding hydrogens is 226 g/mol. The van der Waals surface area contributed by atoms with Gasteiger partial charge < -0.3 is 10.1 Å². The van der Waals surface area contributed by atoms with Crippen molar-refractivity contribution >= 4 is 0 Å². The molecule has 2 heterocycles. The van der Waals surface area contributed by atoms with Crippen molar-refractivity contribution in [1.82, 2.24) is 15.1 Å². The SMILES string of the molecule is CCc1c(C)nn(CCNCC2CCCO2)c1C. The van der Waals surface area contributed by atoms with Crippen molar-refractivity contribution in [3.05, 3.63) is 17.0 Å². The summed E-state index contributed by atoms with van der Waals surface area (Å²) >= 11 is 0. The zero-order valence-corrected chi connectivity index (χ0v) is 11.8. The standard InChI is InChI=1S/C14H25N3O/c1-4-14-11(2)16-17(12(14)3)8-7-15-10-13-6-5-9-18-13/h13,15H,4-10H2,1-3H3. The number of aromatic nitrogens is 2. The molecule has 1 aromatic heterocycles. The van der Waals surface area contributed by atoms with Gasteiger partial charge in [-0.05, 0) is 38.7 Å². The van der Waals surface area contributed by atoms with Crippen molar-refractivity contribution in [2.45, 2.75) is 52.7 Å². The molecule has 1 N–H and O–H groups in total. The fraction of sp³-hybridized carbons (Fsp3) is 0.786. The molecule has 0 spiro atoms. The number of rotatable bonds is 6. The van der Waals surface area contributed by atoms with E-state index in [9.17, 15) is 0 Å². The molecule has 18 heavy (non-hydrogen) atoms. The number of nitrogens with zero attached hydrogens (tertiary/aromatic N) is 2. The van der Waals surface area contributed by atoms with Crippen molar-refractivity contribution in [3.8, 4) is 0 Å². The van der Waals surface area contributed by atoms with Crippen molar-refractivity contribution < 1.29 is 4.74 Å². The maximum Gasteiger partial charge on any atom is 0.0700 e. The number of ether oxygens (including phenoxy) is 1. The first-order valence-corrected chi connectivity index (χ1v) is 7.07. The highest BCUT2D eigenvalue weighted by molar-refractivity contribution is 5.24. The van der Waals surface area contributed by atoms with Gasteiger partial charge in [0.15, 0.2) is 0 Å². The van der Waals surface area contributed by atoms with Crippen molar-refractivity contribution in [2.24, 2.45) is 0 Å². The van der Waals surface area contributed by atoms with Gasteiger partial charge in [0.25, 0.3) is 0 Å². The van der Waals surface area contributed by atoms with E-state index in [1.165, 1.54) is 29.8 Å². The number of hydrogen-bond acceptors (Lipinski definition) is 3. The quantitative estimate of drug-likeness (QED) is 0.784. The Kier molecular flexibility index (Phi) is 4.78. The fourth-order valence-electron chi connectivity index (χ4n) is 2.72. The summed E-state index contributed by atoms with van der Waals surface area (Å²) in [7, 11) is 0. The molecule has 4 heteroatoms. The van der Waals surface area contributed by atoms with Crippen LogP contribution in [0.3, 0.4) is 0 Å². The van der Waals surface area contributed by atoms with Gasteiger partial charge in [-0.1, -0.05) is 6.92 Å². The van der Waals surface area contributed by atoms with Gasteiger partial charge in [-0.25, -0.2) is 0 Å². The van der Waals surface area contributed by atoms with Crippen LogP contribution in [-0.4, -0.2) is 35.6 Å². The molecule has 1 aliphatic heterocycles. The van der Waals surface area contributed by atoms with Crippen LogP contribution in [0.1, 0.15) is 36.7 Å². The molecule has 1 unspecified atom stereocenters. The third-order valence-corrected chi connectivity index (χ3v) is 3.78. The summed E-state index contributed by atoms with van der Waals surface area (Å²) < 4.78 is 7.71. The minimum atomic E-state index is 0.427. The van der Waals surface area contributed by atoms with Gasteiger partial charge in [0.1, 0.15) is 0 Å². The predicted octanol–water partition coefficient (Wildman–Crippen LogP) is 1.83. The summed E-state index contributed by atoms with van der Waals surface area (Å²) in [5.74, 6) is 0. The first-order chi connectivity index (χ1) is 8.72. The maximum absolute atomic E-state index is 5.58. The summed E-state index contributed by atoms with van der Waals surface area (Å²) in [6, 6.07) is 0. The second kappa shape index (κ2) is 6.34. The minimum Gasteiger partial charge on any atom is -0.377 e. The second-order valence-electron chi connectivity index (χ2n) is 5.07. The predicted molar refractivity (Wildman–Crippen MR) is 72.9 cm³/mol. The first kappa shape index (κ1) is 13.6. The number of hydrogen-bond donors (Lipinski definition) is 1. The molecular formula is C14H25N3O. The van der Waals surface area contributed by atoms with Crippen LogP contribution in [0.15, 0.2) is 0 Å². The Balaban J connectivity index is 1.76. The van der Waals surface area contributed by atoms with Gasteiger partial charge in [-0.2, -0.15) is 5.10 Å². The minimum absolute atomic E-state index is 0.427. The number of aryl methyl sites for hydroxylation is 1. The Hall–Kier alpha value is -0.870. The molecule has 1 aromatic rings. The van der Waals surface area contributed by atoms with Crippen LogP contribution in [0.2, 0.25) is 0 Å². The molecule has 1 aliphatic rings. The highest BCUT2D eigenvalue weighted by Crippen LogP contribution is 2.13. The molecule has 0 amide bonds. The second-order valence-corrected chi connectivity index (χ2v) is 5.07. The van der Waals surface area contributed by atoms with E-state index in [-0.39, 0.29) is 0 Å². The highest BCUT2D eigenvalue weighted by Gasteiger charge is 2.14. The Morgan fingerprint density at radius 1 is 1.44 bits per heavy atom. The lowest BCUT2D eigenvalue weighted by molar-refractivity contribution is 0.110. The Morgan fingerprint density at radius 3 is 2.89 bits per heavy atom. The van der Waals surface area contributed by atoms with Crippen LogP contribution in [0, 0.1) is 13.8 Å². The van der Waals surface area contributed by atoms with Gasteiger partial charge in [0.05, 0.1) is 18.3 Å². The lowest BCUT2D eigenvalue weighted by Crippen LogP contribution is -2.29. The van der Waals surface area contributed by atoms with Crippen molar-refractivity contribution in [2.75, 3.05) is 19.7 Å². The molecule has 1 atom stereocenters. The van der Waals surface area contributed by atoms with Crippen LogP contribution in [0.5, 0.6) is 0 Å². The van der Waals surface area contributed by atoms with E-state index >= 15 is 0 Å². The van der Waals surface area contributed by atoms with E-state index in [4.69, 9.17) is 4.74 Å². The third kappa shape index (κ3) is 3.12. The summed E-state index contributed by atoms with van der Waals surface area (Å²) in [6.07, 6.45) is 3.91. The molecule has 0 aromatic carbocycles. The van der Waals surface area contributed by atoms with Crippen molar-refractivity contribution in [3.63, 3.8) is 0 Å². The largest absolute Gasteiger partial charge is 0.377 e. The fourth-order valence-corrected chi connectivity index (χ4v) is 2.72. The van der Waals surface area contributed by atoms with E-state index in [0.717, 1.165) is 32.7 Å². The Bertz CT molecular complexity index is 381. The lowest BCUT2D eigenvalue weighted by Gasteiger charge is -2.11. The van der Waals surface area contributed by atoms with E-state index in [0.29, 0.717) is 6.10 Å². The Morgan fingerprint density at radius 2 is 2.28 bits per heavy atom. The maximum atomic E-state index is 5.58. The zero-order chi connectivity index (χ0) is 13.0. The van der Waals surface area contributed by atoms with Gasteiger partial charge in [0.2, 0.25) is 0 Å². The van der Waals surface area contributed by atoms with Crippen molar-refractivity contribution in [1.29, 1.82) is 0 Å². The lowest BCUT2D eigenvalue weighted by atomic mass is 10.1. The Labute approximate surface area is 110 Å². The van der Waals surface area contributed by atoms with Gasteiger partial charge in [0, 0.05) is 25.4 Å². The normalized spacial score (nSPS) is 19.6. The molecule has 0 bridgehead atoms. The third-order valence-electron chi connectivity index (χ3n) is 3.78. The molecule has 2 rings (SSSR count). The van der Waals surface area contributed by atoms with Crippen LogP contribution in [0.4, 0.5) is 0 Å². The van der Waals surface area contributed by atoms with Gasteiger partial charge in [-0.15, -0.1) is 0 Å². The molecule has 0 aliphatic carbocycles. The molecule has 1 saturated heterocycles. The summed E-state index contributed by atoms with van der Waals surface area (Å²) in [5, 5.41) is 8.06. The molecule has 1 fully saturated rings. The zero-order valence-electron chi connectivity index (χ0n) is 11.8. The van der Waals surface area contributed by atoms with Crippen LogP contribution >= 0.6 is 0 Å². The molecule has 0 radical (unpaired) electrons. The van der Waals surface area contributed by atoms with Gasteiger partial charge >= 0.3 is 0 Å². The average molecular weight is 251 g/mol. The summed E-state index contributed by atoms with van der Waals surface area (Å²) in [6.45, 7) is 10.3. The highest BCUT2D eigenvalue weighted by atomic mass is 16.5. The topological polar surface area (TPSA) is 39.1 Å². The van der Waals surface area contributed by atoms with Crippen LogP contribution in [0.25, 0.3) is 0 Å². The number of nitrogens with one attached hydrogen (secondary N) is 1. The monoisotopic (exact) mass is 251 g/mol. The van der Waals surface area contributed by atoms with E-state index < -0.39 is 0 Å². The smallest absolute Gasteiger partial charge is 0.0700 e. The first-order valence-electron chi connectivity index (χ1n) is 7.07. The summed E-state index contributed by atoms with van der Waals surface area (Å²) in [4.78, 5) is 0. The molecule has 4 nitrogen and oxygen atoms in total. The average Bonchev–Trinajstić information content (AvgIpc) is 2.94. The summed E-state index contributed by atoms with van der Waals surface area (Å²) in [5.41, 5.74) is 3.89. The molecule has 102 valence electrons.